The first-order valence-corrected chi connectivity index (χ1v) is 6.98. The quantitative estimate of drug-likeness (QED) is 0.841. The molecule has 1 aromatic carbocycles. The van der Waals surface area contributed by atoms with Gasteiger partial charge in [-0.1, -0.05) is 41.1 Å². The summed E-state index contributed by atoms with van der Waals surface area (Å²) in [5.74, 6) is -0.973. The molecule has 0 saturated carbocycles. The first-order chi connectivity index (χ1) is 8.54. The molecule has 0 heterocycles. The van der Waals surface area contributed by atoms with Crippen LogP contribution in [0.1, 0.15) is 18.9 Å². The Kier molecular flexibility index (Phi) is 6.36. The molecule has 18 heavy (non-hydrogen) atoms. The standard InChI is InChI=1S/C14H20BrNO2/c1-3-11(14(17)18)10-16(2)9-8-12-6-4-5-7-13(12)15/h4-7,11H,3,8-10H2,1-2H3,(H,17,18). The molecule has 0 radical (unpaired) electrons. The summed E-state index contributed by atoms with van der Waals surface area (Å²) >= 11 is 3.52. The predicted octanol–water partition coefficient (Wildman–Crippen LogP) is 3.03. The molecule has 1 N–H and O–H groups in total. The second-order valence-corrected chi connectivity index (χ2v) is 5.40. The fourth-order valence-corrected chi connectivity index (χ4v) is 2.34. The number of carboxylic acids is 1. The maximum atomic E-state index is 11.0. The summed E-state index contributed by atoms with van der Waals surface area (Å²) in [5, 5.41) is 9.02. The molecule has 0 spiro atoms. The van der Waals surface area contributed by atoms with Crippen LogP contribution in [0.25, 0.3) is 0 Å². The van der Waals surface area contributed by atoms with E-state index in [0.29, 0.717) is 13.0 Å². The minimum absolute atomic E-state index is 0.269. The number of carboxylic acid groups (broad SMARTS) is 1. The summed E-state index contributed by atoms with van der Waals surface area (Å²) < 4.78 is 1.11. The van der Waals surface area contributed by atoms with E-state index in [1.165, 1.54) is 5.56 Å². The maximum absolute atomic E-state index is 11.0. The lowest BCUT2D eigenvalue weighted by molar-refractivity contribution is -0.142. The van der Waals surface area contributed by atoms with Crippen molar-refractivity contribution in [3.63, 3.8) is 0 Å². The third-order valence-electron chi connectivity index (χ3n) is 3.09. The Morgan fingerprint density at radius 1 is 1.44 bits per heavy atom. The Bertz CT molecular complexity index is 395. The molecular weight excluding hydrogens is 294 g/mol. The Morgan fingerprint density at radius 2 is 2.11 bits per heavy atom. The average Bonchev–Trinajstić information content (AvgIpc) is 2.34. The van der Waals surface area contributed by atoms with Gasteiger partial charge >= 0.3 is 5.97 Å². The van der Waals surface area contributed by atoms with Crippen molar-refractivity contribution in [2.45, 2.75) is 19.8 Å². The van der Waals surface area contributed by atoms with Gasteiger partial charge in [0.1, 0.15) is 0 Å². The molecule has 0 fully saturated rings. The van der Waals surface area contributed by atoms with E-state index in [1.54, 1.807) is 0 Å². The number of hydrogen-bond acceptors (Lipinski definition) is 2. The van der Waals surface area contributed by atoms with E-state index in [9.17, 15) is 4.79 Å². The minimum atomic E-state index is -0.703. The van der Waals surface area contributed by atoms with Crippen molar-refractivity contribution < 1.29 is 9.90 Å². The van der Waals surface area contributed by atoms with E-state index >= 15 is 0 Å². The summed E-state index contributed by atoms with van der Waals surface area (Å²) in [7, 11) is 1.97. The van der Waals surface area contributed by atoms with Gasteiger partial charge in [-0.05, 0) is 31.5 Å². The number of aliphatic carboxylic acids is 1. The molecule has 0 amide bonds. The highest BCUT2D eigenvalue weighted by Gasteiger charge is 2.16. The number of nitrogens with zero attached hydrogens (tertiary/aromatic N) is 1. The van der Waals surface area contributed by atoms with Gasteiger partial charge in [-0.15, -0.1) is 0 Å². The van der Waals surface area contributed by atoms with E-state index < -0.39 is 5.97 Å². The number of hydrogen-bond donors (Lipinski definition) is 1. The molecule has 0 aliphatic rings. The van der Waals surface area contributed by atoms with Gasteiger partial charge in [0.05, 0.1) is 5.92 Å². The van der Waals surface area contributed by atoms with Crippen molar-refractivity contribution in [1.29, 1.82) is 0 Å². The first-order valence-electron chi connectivity index (χ1n) is 6.19. The molecule has 0 aliphatic carbocycles. The molecule has 100 valence electrons. The Balaban J connectivity index is 2.44. The van der Waals surface area contributed by atoms with Crippen LogP contribution in [0.5, 0.6) is 0 Å². The zero-order valence-electron chi connectivity index (χ0n) is 10.9. The molecule has 1 atom stereocenters. The Labute approximate surface area is 117 Å². The monoisotopic (exact) mass is 313 g/mol. The molecular formula is C14H20BrNO2. The van der Waals surface area contributed by atoms with Crippen LogP contribution < -0.4 is 0 Å². The van der Waals surface area contributed by atoms with Gasteiger partial charge in [-0.3, -0.25) is 4.79 Å². The Hall–Kier alpha value is -0.870. The maximum Gasteiger partial charge on any atom is 0.307 e. The molecule has 0 aliphatic heterocycles. The molecule has 3 nitrogen and oxygen atoms in total. The highest BCUT2D eigenvalue weighted by Crippen LogP contribution is 2.16. The van der Waals surface area contributed by atoms with Crippen molar-refractivity contribution in [1.82, 2.24) is 4.90 Å². The van der Waals surface area contributed by atoms with Crippen LogP contribution in [0.4, 0.5) is 0 Å². The largest absolute Gasteiger partial charge is 0.481 e. The van der Waals surface area contributed by atoms with Crippen LogP contribution >= 0.6 is 15.9 Å². The molecule has 0 saturated heterocycles. The van der Waals surface area contributed by atoms with Crippen LogP contribution in [0, 0.1) is 5.92 Å². The van der Waals surface area contributed by atoms with E-state index in [2.05, 4.69) is 26.9 Å². The van der Waals surface area contributed by atoms with E-state index in [0.717, 1.165) is 17.4 Å². The molecule has 4 heteroatoms. The van der Waals surface area contributed by atoms with Crippen molar-refractivity contribution >= 4 is 21.9 Å². The number of rotatable bonds is 7. The zero-order chi connectivity index (χ0) is 13.5. The van der Waals surface area contributed by atoms with Gasteiger partial charge in [0.15, 0.2) is 0 Å². The van der Waals surface area contributed by atoms with Crippen LogP contribution in [0.2, 0.25) is 0 Å². The number of carbonyl (C=O) groups is 1. The predicted molar refractivity (Wildman–Crippen MR) is 76.8 cm³/mol. The van der Waals surface area contributed by atoms with Gasteiger partial charge in [-0.25, -0.2) is 0 Å². The fourth-order valence-electron chi connectivity index (χ4n) is 1.86. The second kappa shape index (κ2) is 7.54. The lowest BCUT2D eigenvalue weighted by atomic mass is 10.1. The zero-order valence-corrected chi connectivity index (χ0v) is 12.5. The summed E-state index contributed by atoms with van der Waals surface area (Å²) in [5.41, 5.74) is 1.26. The van der Waals surface area contributed by atoms with Crippen molar-refractivity contribution in [2.75, 3.05) is 20.1 Å². The van der Waals surface area contributed by atoms with Crippen LogP contribution in [-0.4, -0.2) is 36.1 Å². The van der Waals surface area contributed by atoms with E-state index in [1.807, 2.05) is 32.2 Å². The minimum Gasteiger partial charge on any atom is -0.481 e. The molecule has 1 aromatic rings. The normalized spacial score (nSPS) is 12.7. The van der Waals surface area contributed by atoms with Crippen LogP contribution in [0.15, 0.2) is 28.7 Å². The van der Waals surface area contributed by atoms with Crippen molar-refractivity contribution in [3.05, 3.63) is 34.3 Å². The molecule has 1 rings (SSSR count). The molecule has 1 unspecified atom stereocenters. The highest BCUT2D eigenvalue weighted by molar-refractivity contribution is 9.10. The SMILES string of the molecule is CCC(CN(C)CCc1ccccc1Br)C(=O)O. The lowest BCUT2D eigenvalue weighted by Gasteiger charge is -2.20. The summed E-state index contributed by atoms with van der Waals surface area (Å²) in [6, 6.07) is 8.13. The summed E-state index contributed by atoms with van der Waals surface area (Å²) in [4.78, 5) is 13.0. The topological polar surface area (TPSA) is 40.5 Å². The summed E-state index contributed by atoms with van der Waals surface area (Å²) in [6.45, 7) is 3.39. The molecule has 0 aromatic heterocycles. The van der Waals surface area contributed by atoms with E-state index in [-0.39, 0.29) is 5.92 Å². The number of likely N-dealkylation sites (N-methyl/N-ethyl adjacent to an activating group) is 1. The van der Waals surface area contributed by atoms with Crippen molar-refractivity contribution in [2.24, 2.45) is 5.92 Å². The van der Waals surface area contributed by atoms with Crippen molar-refractivity contribution in [3.8, 4) is 0 Å². The van der Waals surface area contributed by atoms with Gasteiger partial charge in [0.25, 0.3) is 0 Å². The molecule has 0 bridgehead atoms. The van der Waals surface area contributed by atoms with Gasteiger partial charge in [0.2, 0.25) is 0 Å². The van der Waals surface area contributed by atoms with Gasteiger partial charge in [-0.2, -0.15) is 0 Å². The average molecular weight is 314 g/mol. The fraction of sp³-hybridized carbons (Fsp3) is 0.500. The third kappa shape index (κ3) is 4.78. The second-order valence-electron chi connectivity index (χ2n) is 4.55. The van der Waals surface area contributed by atoms with Crippen LogP contribution in [-0.2, 0) is 11.2 Å². The smallest absolute Gasteiger partial charge is 0.307 e. The summed E-state index contributed by atoms with van der Waals surface area (Å²) in [6.07, 6.45) is 1.60. The van der Waals surface area contributed by atoms with Crippen LogP contribution in [0.3, 0.4) is 0 Å². The van der Waals surface area contributed by atoms with Gasteiger partial charge in [0, 0.05) is 17.6 Å². The number of benzene rings is 1. The van der Waals surface area contributed by atoms with E-state index in [4.69, 9.17) is 5.11 Å². The lowest BCUT2D eigenvalue weighted by Crippen LogP contribution is -2.31. The number of halogens is 1. The first kappa shape index (κ1) is 15.2. The highest BCUT2D eigenvalue weighted by atomic mass is 79.9. The van der Waals surface area contributed by atoms with Gasteiger partial charge < -0.3 is 10.0 Å². The Morgan fingerprint density at radius 3 is 2.67 bits per heavy atom. The third-order valence-corrected chi connectivity index (χ3v) is 3.87.